The van der Waals surface area contributed by atoms with Crippen LogP contribution < -0.4 is 10.5 Å². The minimum atomic E-state index is -3.17. The highest BCUT2D eigenvalue weighted by atomic mass is 32.2. The fourth-order valence-electron chi connectivity index (χ4n) is 2.71. The van der Waals surface area contributed by atoms with Crippen LogP contribution in [0.4, 0.5) is 0 Å². The normalized spacial score (nSPS) is 22.9. The van der Waals surface area contributed by atoms with Crippen LogP contribution in [0.15, 0.2) is 0 Å². The van der Waals surface area contributed by atoms with Gasteiger partial charge in [0.2, 0.25) is 15.9 Å². The zero-order chi connectivity index (χ0) is 16.1. The topological polar surface area (TPSA) is 92.5 Å². The molecular formula is C14H29N3O3S. The summed E-state index contributed by atoms with van der Waals surface area (Å²) in [6, 6.07) is 0.109. The van der Waals surface area contributed by atoms with Gasteiger partial charge in [-0.25, -0.2) is 13.1 Å². The van der Waals surface area contributed by atoms with Gasteiger partial charge in [-0.2, -0.15) is 0 Å². The summed E-state index contributed by atoms with van der Waals surface area (Å²) in [7, 11) is -3.17. The molecule has 1 rings (SSSR count). The molecule has 1 heterocycles. The van der Waals surface area contributed by atoms with Gasteiger partial charge in [-0.05, 0) is 39.0 Å². The zero-order valence-electron chi connectivity index (χ0n) is 13.4. The van der Waals surface area contributed by atoms with Gasteiger partial charge in [-0.3, -0.25) is 4.79 Å². The predicted octanol–water partition coefficient (Wildman–Crippen LogP) is 0.682. The molecule has 3 N–H and O–H groups in total. The highest BCUT2D eigenvalue weighted by molar-refractivity contribution is 7.88. The Bertz CT molecular complexity index is 446. The molecule has 2 unspecified atom stereocenters. The van der Waals surface area contributed by atoms with Crippen molar-refractivity contribution >= 4 is 15.9 Å². The molecule has 1 amide bonds. The second-order valence-corrected chi connectivity index (χ2v) is 8.05. The largest absolute Gasteiger partial charge is 0.339 e. The summed E-state index contributed by atoms with van der Waals surface area (Å²) in [5.74, 6) is 0.108. The van der Waals surface area contributed by atoms with E-state index in [0.717, 1.165) is 32.1 Å². The average Bonchev–Trinajstić information content (AvgIpc) is 2.45. The van der Waals surface area contributed by atoms with Crippen LogP contribution in [0.25, 0.3) is 0 Å². The Morgan fingerprint density at radius 3 is 2.62 bits per heavy atom. The smallest absolute Gasteiger partial charge is 0.230 e. The lowest BCUT2D eigenvalue weighted by atomic mass is 9.84. The summed E-state index contributed by atoms with van der Waals surface area (Å²) in [5, 5.41) is 0. The maximum atomic E-state index is 12.8. The zero-order valence-corrected chi connectivity index (χ0v) is 14.2. The van der Waals surface area contributed by atoms with Crippen LogP contribution in [0, 0.1) is 5.41 Å². The molecule has 0 aliphatic carbocycles. The van der Waals surface area contributed by atoms with E-state index in [-0.39, 0.29) is 11.9 Å². The van der Waals surface area contributed by atoms with Crippen LogP contribution in [0.2, 0.25) is 0 Å². The van der Waals surface area contributed by atoms with Crippen molar-refractivity contribution in [1.82, 2.24) is 9.62 Å². The van der Waals surface area contributed by atoms with Crippen LogP contribution >= 0.6 is 0 Å². The fourth-order valence-corrected chi connectivity index (χ4v) is 3.20. The Kier molecular flexibility index (Phi) is 6.62. The molecule has 6 nitrogen and oxygen atoms in total. The van der Waals surface area contributed by atoms with Crippen LogP contribution in [-0.4, -0.2) is 51.2 Å². The van der Waals surface area contributed by atoms with E-state index in [0.29, 0.717) is 25.9 Å². The number of rotatable bonds is 7. The summed E-state index contributed by atoms with van der Waals surface area (Å²) < 4.78 is 24.8. The number of carbonyl (C=O) groups excluding carboxylic acids is 1. The third kappa shape index (κ3) is 5.23. The van der Waals surface area contributed by atoms with Crippen LogP contribution in [-0.2, 0) is 14.8 Å². The maximum Gasteiger partial charge on any atom is 0.230 e. The van der Waals surface area contributed by atoms with Crippen molar-refractivity contribution < 1.29 is 13.2 Å². The van der Waals surface area contributed by atoms with Gasteiger partial charge in [-0.1, -0.05) is 6.92 Å². The monoisotopic (exact) mass is 319 g/mol. The third-order valence-corrected chi connectivity index (χ3v) is 5.21. The standard InChI is InChI=1S/C14H29N3O3S/c1-4-14(2,11-15)13(18)17-10-6-5-7-12(17)8-9-16-21(3,19)20/h12,16H,4-11,15H2,1-3H3. The summed E-state index contributed by atoms with van der Waals surface area (Å²) in [4.78, 5) is 14.7. The van der Waals surface area contributed by atoms with E-state index in [9.17, 15) is 13.2 Å². The van der Waals surface area contributed by atoms with Crippen LogP contribution in [0.5, 0.6) is 0 Å². The number of hydrogen-bond donors (Lipinski definition) is 2. The van der Waals surface area contributed by atoms with Crippen molar-refractivity contribution in [2.24, 2.45) is 11.1 Å². The van der Waals surface area contributed by atoms with Crippen molar-refractivity contribution in [3.63, 3.8) is 0 Å². The molecule has 1 fully saturated rings. The van der Waals surface area contributed by atoms with Crippen LogP contribution in [0.1, 0.15) is 46.0 Å². The van der Waals surface area contributed by atoms with Gasteiger partial charge in [0.25, 0.3) is 0 Å². The first-order valence-electron chi connectivity index (χ1n) is 7.69. The van der Waals surface area contributed by atoms with Gasteiger partial charge in [0.05, 0.1) is 11.7 Å². The Morgan fingerprint density at radius 1 is 1.43 bits per heavy atom. The molecule has 2 atom stereocenters. The van der Waals surface area contributed by atoms with Crippen molar-refractivity contribution in [3.05, 3.63) is 0 Å². The first-order valence-corrected chi connectivity index (χ1v) is 9.58. The van der Waals surface area contributed by atoms with Gasteiger partial charge < -0.3 is 10.6 Å². The van der Waals surface area contributed by atoms with E-state index in [1.54, 1.807) is 0 Å². The Morgan fingerprint density at radius 2 is 2.10 bits per heavy atom. The molecule has 124 valence electrons. The Labute approximate surface area is 128 Å². The molecule has 0 bridgehead atoms. The van der Waals surface area contributed by atoms with Crippen molar-refractivity contribution in [2.75, 3.05) is 25.9 Å². The summed E-state index contributed by atoms with van der Waals surface area (Å²) in [6.45, 7) is 5.36. The third-order valence-electron chi connectivity index (χ3n) is 4.48. The number of amides is 1. The highest BCUT2D eigenvalue weighted by Gasteiger charge is 2.37. The molecular weight excluding hydrogens is 290 g/mol. The van der Waals surface area contributed by atoms with Crippen LogP contribution in [0.3, 0.4) is 0 Å². The SMILES string of the molecule is CCC(C)(CN)C(=O)N1CCCCC1CCNS(C)(=O)=O. The van der Waals surface area contributed by atoms with E-state index in [4.69, 9.17) is 5.73 Å². The number of hydrogen-bond acceptors (Lipinski definition) is 4. The Hall–Kier alpha value is -0.660. The molecule has 0 saturated carbocycles. The van der Waals surface area contributed by atoms with Gasteiger partial charge >= 0.3 is 0 Å². The van der Waals surface area contributed by atoms with E-state index in [1.807, 2.05) is 18.7 Å². The molecule has 1 aliphatic heterocycles. The molecule has 0 radical (unpaired) electrons. The lowest BCUT2D eigenvalue weighted by Crippen LogP contribution is -2.52. The first-order chi connectivity index (χ1) is 9.73. The maximum absolute atomic E-state index is 12.8. The number of nitrogens with zero attached hydrogens (tertiary/aromatic N) is 1. The summed E-state index contributed by atoms with van der Waals surface area (Å²) in [5.41, 5.74) is 5.27. The second-order valence-electron chi connectivity index (χ2n) is 6.22. The second kappa shape index (κ2) is 7.56. The first kappa shape index (κ1) is 18.4. The number of likely N-dealkylation sites (tertiary alicyclic amines) is 1. The molecule has 0 aromatic rings. The van der Waals surface area contributed by atoms with Gasteiger partial charge in [0, 0.05) is 25.7 Å². The van der Waals surface area contributed by atoms with E-state index >= 15 is 0 Å². The summed E-state index contributed by atoms with van der Waals surface area (Å²) in [6.07, 6.45) is 5.54. The lowest BCUT2D eigenvalue weighted by Gasteiger charge is -2.41. The fraction of sp³-hybridized carbons (Fsp3) is 0.929. The number of piperidine rings is 1. The molecule has 7 heteroatoms. The summed E-state index contributed by atoms with van der Waals surface area (Å²) >= 11 is 0. The van der Waals surface area contributed by atoms with Crippen molar-refractivity contribution in [3.8, 4) is 0 Å². The molecule has 0 aromatic carbocycles. The molecule has 0 aromatic heterocycles. The number of nitrogens with one attached hydrogen (secondary N) is 1. The number of carbonyl (C=O) groups is 1. The van der Waals surface area contributed by atoms with Gasteiger partial charge in [0.15, 0.2) is 0 Å². The Balaban J connectivity index is 2.71. The van der Waals surface area contributed by atoms with Gasteiger partial charge in [0.1, 0.15) is 0 Å². The quantitative estimate of drug-likeness (QED) is 0.722. The van der Waals surface area contributed by atoms with Crippen molar-refractivity contribution in [2.45, 2.75) is 52.0 Å². The lowest BCUT2D eigenvalue weighted by molar-refractivity contribution is -0.145. The predicted molar refractivity (Wildman–Crippen MR) is 84.3 cm³/mol. The average molecular weight is 319 g/mol. The molecule has 0 spiro atoms. The number of nitrogens with two attached hydrogens (primary N) is 1. The molecule has 1 aliphatic rings. The highest BCUT2D eigenvalue weighted by Crippen LogP contribution is 2.28. The van der Waals surface area contributed by atoms with Gasteiger partial charge in [-0.15, -0.1) is 0 Å². The molecule has 1 saturated heterocycles. The van der Waals surface area contributed by atoms with E-state index in [2.05, 4.69) is 4.72 Å². The van der Waals surface area contributed by atoms with E-state index in [1.165, 1.54) is 0 Å². The molecule has 21 heavy (non-hydrogen) atoms. The van der Waals surface area contributed by atoms with E-state index < -0.39 is 15.4 Å². The minimum absolute atomic E-state index is 0.108. The minimum Gasteiger partial charge on any atom is -0.339 e. The van der Waals surface area contributed by atoms with Crippen molar-refractivity contribution in [1.29, 1.82) is 0 Å². The number of sulfonamides is 1.